The summed E-state index contributed by atoms with van der Waals surface area (Å²) >= 11 is 1.38. The Labute approximate surface area is 113 Å². The van der Waals surface area contributed by atoms with Gasteiger partial charge in [-0.3, -0.25) is 5.32 Å². The highest BCUT2D eigenvalue weighted by atomic mass is 32.1. The number of hydrogen-bond donors (Lipinski definition) is 1. The van der Waals surface area contributed by atoms with E-state index in [9.17, 15) is 4.79 Å². The average Bonchev–Trinajstić information content (AvgIpc) is 2.77. The molecule has 1 aliphatic carbocycles. The van der Waals surface area contributed by atoms with E-state index in [1.54, 1.807) is 14.1 Å². The van der Waals surface area contributed by atoms with Crippen molar-refractivity contribution in [1.29, 1.82) is 0 Å². The summed E-state index contributed by atoms with van der Waals surface area (Å²) in [6.45, 7) is 0. The van der Waals surface area contributed by atoms with E-state index >= 15 is 0 Å². The van der Waals surface area contributed by atoms with Crippen LogP contribution in [-0.4, -0.2) is 29.4 Å². The second kappa shape index (κ2) is 6.18. The highest BCUT2D eigenvalue weighted by molar-refractivity contribution is 7.10. The molecular weight excluding hydrogens is 246 g/mol. The lowest BCUT2D eigenvalue weighted by molar-refractivity contribution is 0.231. The topological polar surface area (TPSA) is 45.2 Å². The summed E-state index contributed by atoms with van der Waals surface area (Å²) in [6, 6.07) is 1.92. The van der Waals surface area contributed by atoms with E-state index in [1.807, 2.05) is 6.07 Å². The van der Waals surface area contributed by atoms with Crippen molar-refractivity contribution in [2.45, 2.75) is 38.5 Å². The number of hydrogen-bond acceptors (Lipinski definition) is 3. The maximum Gasteiger partial charge on any atom is 0.321 e. The number of aromatic nitrogens is 1. The molecule has 0 aromatic carbocycles. The Morgan fingerprint density at radius 2 is 2.17 bits per heavy atom. The largest absolute Gasteiger partial charge is 0.331 e. The van der Waals surface area contributed by atoms with Gasteiger partial charge < -0.3 is 4.90 Å². The van der Waals surface area contributed by atoms with E-state index < -0.39 is 0 Å². The van der Waals surface area contributed by atoms with Crippen LogP contribution in [0.25, 0.3) is 0 Å². The van der Waals surface area contributed by atoms with Crippen LogP contribution < -0.4 is 5.32 Å². The number of carbonyl (C=O) groups excluding carboxylic acids is 1. The van der Waals surface area contributed by atoms with E-state index in [4.69, 9.17) is 0 Å². The molecule has 1 aliphatic rings. The molecule has 0 radical (unpaired) electrons. The Hall–Kier alpha value is -1.10. The van der Waals surface area contributed by atoms with Crippen molar-refractivity contribution in [2.24, 2.45) is 5.92 Å². The van der Waals surface area contributed by atoms with Crippen LogP contribution in [0.1, 0.15) is 37.8 Å². The number of rotatable bonds is 3. The van der Waals surface area contributed by atoms with Crippen molar-refractivity contribution < 1.29 is 4.79 Å². The van der Waals surface area contributed by atoms with Gasteiger partial charge in [0.25, 0.3) is 0 Å². The van der Waals surface area contributed by atoms with Crippen LogP contribution in [0, 0.1) is 5.92 Å². The number of anilines is 1. The van der Waals surface area contributed by atoms with Gasteiger partial charge in [0.05, 0.1) is 5.69 Å². The minimum atomic E-state index is -0.0946. The molecule has 2 rings (SSSR count). The SMILES string of the molecule is CN(C)C(=O)Nc1cc(CC2CCCCC2)ns1. The highest BCUT2D eigenvalue weighted by Gasteiger charge is 2.16. The molecule has 5 heteroatoms. The predicted octanol–water partition coefficient (Wildman–Crippen LogP) is 3.36. The molecule has 0 saturated heterocycles. The number of carbonyl (C=O) groups is 1. The summed E-state index contributed by atoms with van der Waals surface area (Å²) in [5, 5.41) is 3.69. The summed E-state index contributed by atoms with van der Waals surface area (Å²) in [5.41, 5.74) is 1.13. The molecule has 1 fully saturated rings. The standard InChI is InChI=1S/C13H21N3OS/c1-16(2)13(17)14-12-9-11(15-18-12)8-10-6-4-3-5-7-10/h9-10H,3-8H2,1-2H3,(H,14,17). The molecule has 100 valence electrons. The molecule has 2 amide bonds. The molecule has 1 aromatic rings. The Kier molecular flexibility index (Phi) is 4.58. The van der Waals surface area contributed by atoms with Crippen LogP contribution in [0.5, 0.6) is 0 Å². The van der Waals surface area contributed by atoms with Crippen molar-refractivity contribution in [2.75, 3.05) is 19.4 Å². The van der Waals surface area contributed by atoms with Gasteiger partial charge in [0.1, 0.15) is 5.00 Å². The summed E-state index contributed by atoms with van der Waals surface area (Å²) in [7, 11) is 3.47. The zero-order valence-corrected chi connectivity index (χ0v) is 11.9. The first-order valence-corrected chi connectivity index (χ1v) is 7.36. The quantitative estimate of drug-likeness (QED) is 0.912. The summed E-state index contributed by atoms with van der Waals surface area (Å²) in [6.07, 6.45) is 7.83. The van der Waals surface area contributed by atoms with Gasteiger partial charge in [-0.1, -0.05) is 32.1 Å². The van der Waals surface area contributed by atoms with Crippen LogP contribution >= 0.6 is 11.5 Å². The number of amides is 2. The molecular formula is C13H21N3OS. The minimum Gasteiger partial charge on any atom is -0.331 e. The first-order chi connectivity index (χ1) is 8.65. The highest BCUT2D eigenvalue weighted by Crippen LogP contribution is 2.28. The van der Waals surface area contributed by atoms with Crippen molar-refractivity contribution >= 4 is 22.6 Å². The molecule has 18 heavy (non-hydrogen) atoms. The van der Waals surface area contributed by atoms with Crippen LogP contribution in [0.15, 0.2) is 6.07 Å². The smallest absolute Gasteiger partial charge is 0.321 e. The average molecular weight is 267 g/mol. The third kappa shape index (κ3) is 3.70. The van der Waals surface area contributed by atoms with Crippen LogP contribution in [0.4, 0.5) is 9.80 Å². The lowest BCUT2D eigenvalue weighted by Gasteiger charge is -2.20. The first-order valence-electron chi connectivity index (χ1n) is 6.59. The van der Waals surface area contributed by atoms with E-state index in [1.165, 1.54) is 48.5 Å². The summed E-state index contributed by atoms with van der Waals surface area (Å²) in [5.74, 6) is 0.790. The second-order valence-electron chi connectivity index (χ2n) is 5.22. The van der Waals surface area contributed by atoms with Crippen molar-refractivity contribution in [1.82, 2.24) is 9.27 Å². The van der Waals surface area contributed by atoms with Gasteiger partial charge in [-0.05, 0) is 29.9 Å². The second-order valence-corrected chi connectivity index (χ2v) is 6.02. The van der Waals surface area contributed by atoms with Gasteiger partial charge in [-0.15, -0.1) is 0 Å². The molecule has 1 saturated carbocycles. The normalized spacial score (nSPS) is 16.6. The van der Waals surface area contributed by atoms with Crippen LogP contribution in [-0.2, 0) is 6.42 Å². The number of nitrogens with zero attached hydrogens (tertiary/aromatic N) is 2. The first kappa shape index (κ1) is 13.3. The Balaban J connectivity index is 1.87. The van der Waals surface area contributed by atoms with Crippen molar-refractivity contribution in [3.05, 3.63) is 11.8 Å². The van der Waals surface area contributed by atoms with Crippen molar-refractivity contribution in [3.8, 4) is 0 Å². The zero-order valence-electron chi connectivity index (χ0n) is 11.1. The van der Waals surface area contributed by atoms with Gasteiger partial charge in [-0.2, -0.15) is 4.37 Å². The Morgan fingerprint density at radius 3 is 2.83 bits per heavy atom. The summed E-state index contributed by atoms with van der Waals surface area (Å²) in [4.78, 5) is 13.0. The van der Waals surface area contributed by atoms with Gasteiger partial charge in [0, 0.05) is 14.1 Å². The molecule has 0 aliphatic heterocycles. The zero-order chi connectivity index (χ0) is 13.0. The molecule has 0 atom stereocenters. The Bertz CT molecular complexity index is 397. The molecule has 1 heterocycles. The monoisotopic (exact) mass is 267 g/mol. The fourth-order valence-electron chi connectivity index (χ4n) is 2.37. The summed E-state index contributed by atoms with van der Waals surface area (Å²) < 4.78 is 4.43. The lowest BCUT2D eigenvalue weighted by atomic mass is 9.86. The van der Waals surface area contributed by atoms with E-state index in [0.29, 0.717) is 0 Å². The lowest BCUT2D eigenvalue weighted by Crippen LogP contribution is -2.26. The van der Waals surface area contributed by atoms with Gasteiger partial charge >= 0.3 is 6.03 Å². The number of nitrogens with one attached hydrogen (secondary N) is 1. The molecule has 0 unspecified atom stereocenters. The third-order valence-corrected chi connectivity index (χ3v) is 4.16. The van der Waals surface area contributed by atoms with Gasteiger partial charge in [0.15, 0.2) is 0 Å². The fraction of sp³-hybridized carbons (Fsp3) is 0.692. The molecule has 1 N–H and O–H groups in total. The van der Waals surface area contributed by atoms with E-state index in [2.05, 4.69) is 9.69 Å². The van der Waals surface area contributed by atoms with E-state index in [-0.39, 0.29) is 6.03 Å². The molecule has 1 aromatic heterocycles. The maximum absolute atomic E-state index is 11.5. The van der Waals surface area contributed by atoms with Gasteiger partial charge in [0.2, 0.25) is 0 Å². The number of urea groups is 1. The third-order valence-electron chi connectivity index (χ3n) is 3.42. The predicted molar refractivity (Wildman–Crippen MR) is 75.1 cm³/mol. The van der Waals surface area contributed by atoms with Gasteiger partial charge in [-0.25, -0.2) is 4.79 Å². The minimum absolute atomic E-state index is 0.0946. The molecule has 0 bridgehead atoms. The van der Waals surface area contributed by atoms with E-state index in [0.717, 1.165) is 23.0 Å². The van der Waals surface area contributed by atoms with Crippen LogP contribution in [0.3, 0.4) is 0 Å². The van der Waals surface area contributed by atoms with Crippen molar-refractivity contribution in [3.63, 3.8) is 0 Å². The molecule has 0 spiro atoms. The van der Waals surface area contributed by atoms with Crippen LogP contribution in [0.2, 0.25) is 0 Å². The Morgan fingerprint density at radius 1 is 1.44 bits per heavy atom. The maximum atomic E-state index is 11.5. The fourth-order valence-corrected chi connectivity index (χ4v) is 3.04. The molecule has 4 nitrogen and oxygen atoms in total.